The average molecular weight is 653 g/mol. The van der Waals surface area contributed by atoms with E-state index in [9.17, 15) is 39.3 Å². The quantitative estimate of drug-likeness (QED) is 0.0722. The minimum atomic E-state index is -1.58. The molecule has 0 bridgehead atoms. The number of ether oxygens (including phenoxy) is 2. The summed E-state index contributed by atoms with van der Waals surface area (Å²) in [6.07, 6.45) is 1.98. The van der Waals surface area contributed by atoms with E-state index >= 15 is 0 Å². The van der Waals surface area contributed by atoms with E-state index < -0.39 is 66.5 Å². The number of esters is 3. The van der Waals surface area contributed by atoms with Gasteiger partial charge in [0, 0.05) is 23.8 Å². The van der Waals surface area contributed by atoms with Gasteiger partial charge in [-0.2, -0.15) is 0 Å². The van der Waals surface area contributed by atoms with Crippen LogP contribution in [0.3, 0.4) is 0 Å². The molecule has 0 saturated heterocycles. The maximum atomic E-state index is 12.9. The molecular formula is C35H56O11. The molecule has 1 unspecified atom stereocenters. The Balaban J connectivity index is 2.48. The molecule has 11 heteroatoms. The fourth-order valence-electron chi connectivity index (χ4n) is 5.86. The molecule has 0 fully saturated rings. The molecule has 0 amide bonds. The third-order valence-electron chi connectivity index (χ3n) is 9.32. The first-order valence-electron chi connectivity index (χ1n) is 16.5. The van der Waals surface area contributed by atoms with Gasteiger partial charge in [-0.3, -0.25) is 14.4 Å². The average Bonchev–Trinajstić information content (AvgIpc) is 3.22. The summed E-state index contributed by atoms with van der Waals surface area (Å²) in [6, 6.07) is 0. The van der Waals surface area contributed by atoms with Crippen molar-refractivity contribution in [3.05, 3.63) is 22.8 Å². The maximum Gasteiger partial charge on any atom is 0.345 e. The van der Waals surface area contributed by atoms with Crippen LogP contribution in [-0.4, -0.2) is 74.5 Å². The first kappa shape index (κ1) is 41.1. The van der Waals surface area contributed by atoms with Crippen molar-refractivity contribution < 1.29 is 53.9 Å². The zero-order valence-electron chi connectivity index (χ0n) is 28.8. The Morgan fingerprint density at radius 1 is 0.848 bits per heavy atom. The number of rotatable bonds is 22. The van der Waals surface area contributed by atoms with Crippen molar-refractivity contribution in [3.8, 4) is 0 Å². The Bertz CT molecular complexity index is 1120. The standard InChI is InChI=1S/C35H56O11/c1-9-26(21(4)16-31(40)41)12-10-11-19(2)15-20(3)13-14-27(36)23(6)29(38)17-28(37)22(5)25(8)45-32(42)18-30(39)33-24(7)34(43)46-35(33)44/h12,19-23,25,27-28,30,36-37,39H,9-11,13-18H2,1-8H3,(H,40,41)/b26-12+/t19-,20-,21?,22+,23-,25+,27-,28+,30+/m0/s1. The van der Waals surface area contributed by atoms with Crippen LogP contribution in [0.1, 0.15) is 113 Å². The third kappa shape index (κ3) is 13.5. The monoisotopic (exact) mass is 652 g/mol. The van der Waals surface area contributed by atoms with Crippen molar-refractivity contribution in [2.24, 2.45) is 29.6 Å². The Hall–Kier alpha value is -2.89. The smallest absolute Gasteiger partial charge is 0.345 e. The number of cyclic esters (lactones) is 2. The summed E-state index contributed by atoms with van der Waals surface area (Å²) in [5, 5.41) is 40.7. The maximum absolute atomic E-state index is 12.9. The van der Waals surface area contributed by atoms with Gasteiger partial charge < -0.3 is 29.9 Å². The van der Waals surface area contributed by atoms with E-state index in [0.717, 1.165) is 32.1 Å². The fourth-order valence-corrected chi connectivity index (χ4v) is 5.86. The summed E-state index contributed by atoms with van der Waals surface area (Å²) >= 11 is 0. The van der Waals surface area contributed by atoms with Crippen LogP contribution in [0, 0.1) is 29.6 Å². The topological polar surface area (TPSA) is 185 Å². The molecule has 4 N–H and O–H groups in total. The number of allylic oxidation sites excluding steroid dienone is 2. The van der Waals surface area contributed by atoms with Gasteiger partial charge >= 0.3 is 23.9 Å². The van der Waals surface area contributed by atoms with Crippen LogP contribution in [0.15, 0.2) is 22.8 Å². The van der Waals surface area contributed by atoms with Gasteiger partial charge in [0.2, 0.25) is 0 Å². The van der Waals surface area contributed by atoms with E-state index in [1.807, 2.05) is 13.8 Å². The predicted octanol–water partition coefficient (Wildman–Crippen LogP) is 4.69. The molecule has 1 heterocycles. The Labute approximate surface area is 273 Å². The molecule has 46 heavy (non-hydrogen) atoms. The zero-order chi connectivity index (χ0) is 35.3. The molecule has 11 nitrogen and oxygen atoms in total. The fraction of sp³-hybridized carbons (Fsp3) is 0.743. The Morgan fingerprint density at radius 2 is 1.46 bits per heavy atom. The molecule has 0 saturated carbocycles. The molecule has 0 aromatic rings. The van der Waals surface area contributed by atoms with Gasteiger partial charge in [0.15, 0.2) is 0 Å². The van der Waals surface area contributed by atoms with Crippen LogP contribution in [0.2, 0.25) is 0 Å². The van der Waals surface area contributed by atoms with Gasteiger partial charge in [0.05, 0.1) is 36.7 Å². The number of ketones is 1. The normalized spacial score (nSPS) is 19.8. The number of carbonyl (C=O) groups is 5. The number of Topliss-reactive ketones (excluding diaryl/α,β-unsaturated/α-hetero) is 1. The van der Waals surface area contributed by atoms with E-state index in [4.69, 9.17) is 9.84 Å². The van der Waals surface area contributed by atoms with Gasteiger partial charge in [0.1, 0.15) is 11.9 Å². The summed E-state index contributed by atoms with van der Waals surface area (Å²) in [5.41, 5.74) is 0.817. The minimum Gasteiger partial charge on any atom is -0.481 e. The van der Waals surface area contributed by atoms with Gasteiger partial charge in [-0.1, -0.05) is 53.2 Å². The van der Waals surface area contributed by atoms with Gasteiger partial charge in [0.25, 0.3) is 0 Å². The second-order valence-electron chi connectivity index (χ2n) is 13.3. The number of aliphatic hydroxyl groups is 3. The summed E-state index contributed by atoms with van der Waals surface area (Å²) < 4.78 is 9.74. The number of carboxylic acid groups (broad SMARTS) is 1. The molecule has 1 rings (SSSR count). The SMILES string of the molecule is CC/C(=C\CC[C@H](C)C[C@@H](C)CC[C@H](O)[C@H](C)C(=O)C[C@@H](O)[C@H](C)[C@@H](C)OC(=O)C[C@@H](O)C1=C(C)C(=O)OC1=O)C(C)CC(=O)O. The van der Waals surface area contributed by atoms with Crippen molar-refractivity contribution in [3.63, 3.8) is 0 Å². The molecule has 9 atom stereocenters. The zero-order valence-corrected chi connectivity index (χ0v) is 28.8. The molecular weight excluding hydrogens is 596 g/mol. The van der Waals surface area contributed by atoms with Crippen molar-refractivity contribution in [2.75, 3.05) is 0 Å². The van der Waals surface area contributed by atoms with Crippen molar-refractivity contribution >= 4 is 29.7 Å². The highest BCUT2D eigenvalue weighted by Crippen LogP contribution is 2.27. The number of aliphatic hydroxyl groups excluding tert-OH is 3. The second kappa shape index (κ2) is 19.7. The molecule has 0 aromatic heterocycles. The number of aliphatic carboxylic acids is 1. The third-order valence-corrected chi connectivity index (χ3v) is 9.32. The highest BCUT2D eigenvalue weighted by molar-refractivity contribution is 6.12. The lowest BCUT2D eigenvalue weighted by Crippen LogP contribution is -2.36. The van der Waals surface area contributed by atoms with Crippen LogP contribution in [0.4, 0.5) is 0 Å². The summed E-state index contributed by atoms with van der Waals surface area (Å²) in [5.74, 6) is -4.32. The lowest BCUT2D eigenvalue weighted by molar-refractivity contribution is -0.154. The number of hydrogen-bond donors (Lipinski definition) is 4. The van der Waals surface area contributed by atoms with Gasteiger partial charge in [-0.05, 0) is 70.1 Å². The predicted molar refractivity (Wildman–Crippen MR) is 171 cm³/mol. The molecule has 262 valence electrons. The lowest BCUT2D eigenvalue weighted by atomic mass is 9.85. The van der Waals surface area contributed by atoms with Crippen LogP contribution < -0.4 is 0 Å². The number of carboxylic acids is 1. The van der Waals surface area contributed by atoms with Crippen LogP contribution in [-0.2, 0) is 33.4 Å². The van der Waals surface area contributed by atoms with E-state index in [1.54, 1.807) is 20.8 Å². The Morgan fingerprint density at radius 3 is 2.00 bits per heavy atom. The number of hydrogen-bond acceptors (Lipinski definition) is 10. The van der Waals surface area contributed by atoms with Crippen LogP contribution in [0.5, 0.6) is 0 Å². The Kier molecular flexibility index (Phi) is 17.6. The summed E-state index contributed by atoms with van der Waals surface area (Å²) in [4.78, 5) is 59.5. The van der Waals surface area contributed by atoms with E-state index in [2.05, 4.69) is 24.7 Å². The molecule has 0 spiro atoms. The molecule has 0 radical (unpaired) electrons. The van der Waals surface area contributed by atoms with Crippen LogP contribution in [0.25, 0.3) is 0 Å². The van der Waals surface area contributed by atoms with Crippen LogP contribution >= 0.6 is 0 Å². The van der Waals surface area contributed by atoms with Crippen molar-refractivity contribution in [1.82, 2.24) is 0 Å². The molecule has 1 aliphatic rings. The molecule has 0 aromatic carbocycles. The first-order valence-corrected chi connectivity index (χ1v) is 16.5. The summed E-state index contributed by atoms with van der Waals surface area (Å²) in [7, 11) is 0. The van der Waals surface area contributed by atoms with Crippen molar-refractivity contribution in [1.29, 1.82) is 0 Å². The highest BCUT2D eigenvalue weighted by Gasteiger charge is 2.36. The number of carbonyl (C=O) groups excluding carboxylic acids is 4. The van der Waals surface area contributed by atoms with E-state index in [0.29, 0.717) is 18.3 Å². The molecule has 0 aliphatic carbocycles. The van der Waals surface area contributed by atoms with Gasteiger partial charge in [-0.25, -0.2) is 9.59 Å². The first-order chi connectivity index (χ1) is 21.4. The largest absolute Gasteiger partial charge is 0.481 e. The van der Waals surface area contributed by atoms with Gasteiger partial charge in [-0.15, -0.1) is 0 Å². The minimum absolute atomic E-state index is 0.0296. The molecule has 1 aliphatic heterocycles. The lowest BCUT2D eigenvalue weighted by Gasteiger charge is -2.27. The summed E-state index contributed by atoms with van der Waals surface area (Å²) in [6.45, 7) is 14.4. The second-order valence-corrected chi connectivity index (χ2v) is 13.3. The van der Waals surface area contributed by atoms with Crippen molar-refractivity contribution in [2.45, 2.75) is 138 Å². The van der Waals surface area contributed by atoms with E-state index in [1.165, 1.54) is 12.5 Å². The highest BCUT2D eigenvalue weighted by atomic mass is 16.6. The van der Waals surface area contributed by atoms with E-state index in [-0.39, 0.29) is 35.7 Å².